The molecule has 2 aliphatic heterocycles. The van der Waals surface area contributed by atoms with Crippen LogP contribution in [0.1, 0.15) is 16.5 Å². The number of rotatable bonds is 7. The topological polar surface area (TPSA) is 164 Å². The van der Waals surface area contributed by atoms with Crippen molar-refractivity contribution in [2.75, 3.05) is 6.54 Å². The third-order valence-electron chi connectivity index (χ3n) is 8.95. The Labute approximate surface area is 260 Å². The number of carbonyl (C=O) groups is 3. The van der Waals surface area contributed by atoms with E-state index in [1.807, 2.05) is 36.4 Å². The number of aromatic amines is 1. The van der Waals surface area contributed by atoms with Crippen molar-refractivity contribution in [3.8, 4) is 0 Å². The molecular formula is C29H26BrN7O6S. The van der Waals surface area contributed by atoms with Crippen molar-refractivity contribution in [1.29, 1.82) is 0 Å². The van der Waals surface area contributed by atoms with E-state index in [2.05, 4.69) is 31.2 Å². The number of imidazole rings is 1. The molecule has 0 aliphatic carbocycles. The summed E-state index contributed by atoms with van der Waals surface area (Å²) in [6.45, 7) is -0.0716. The number of benzene rings is 1. The quantitative estimate of drug-likeness (QED) is 0.219. The maximum absolute atomic E-state index is 14.2. The lowest BCUT2D eigenvalue weighted by molar-refractivity contribution is -0.151. The number of carboxylic acids is 1. The number of nitrogens with zero attached hydrogens (tertiary/aromatic N) is 5. The van der Waals surface area contributed by atoms with Gasteiger partial charge in [-0.3, -0.25) is 38.5 Å². The molecule has 2 aliphatic rings. The molecule has 2 saturated heterocycles. The van der Waals surface area contributed by atoms with Gasteiger partial charge in [-0.1, -0.05) is 18.2 Å². The van der Waals surface area contributed by atoms with Crippen LogP contribution in [0.4, 0.5) is 0 Å². The predicted octanol–water partition coefficient (Wildman–Crippen LogP) is 1.75. The standard InChI is InChI=1S/C29H26BrN7O6S/c1-34-23-22(26(40)35(2)28(34)43)36(13-32-23)9-10-37-24(38)19-20(25(37)39)29(27(41)42,33-21(19)17-7-8-18(30)44-17)11-14-12-31-16-6-4-3-5-15(14)16/h3-8,12-13,19-21,31,33H,9-11H2,1-2H3,(H,41,42). The summed E-state index contributed by atoms with van der Waals surface area (Å²) in [5.41, 5.74) is -0.942. The molecule has 2 amide bonds. The molecule has 0 saturated carbocycles. The fraction of sp³-hybridized carbons (Fsp3) is 0.310. The zero-order valence-corrected chi connectivity index (χ0v) is 25.9. The second-order valence-electron chi connectivity index (χ2n) is 11.2. The first kappa shape index (κ1) is 28.4. The Hall–Kier alpha value is -4.34. The number of thiophene rings is 1. The Balaban J connectivity index is 1.28. The molecule has 226 valence electrons. The van der Waals surface area contributed by atoms with E-state index < -0.39 is 52.4 Å². The summed E-state index contributed by atoms with van der Waals surface area (Å²) >= 11 is 4.84. The van der Waals surface area contributed by atoms with E-state index in [-0.39, 0.29) is 30.7 Å². The molecule has 7 rings (SSSR count). The van der Waals surface area contributed by atoms with Crippen LogP contribution in [0.5, 0.6) is 0 Å². The summed E-state index contributed by atoms with van der Waals surface area (Å²) < 4.78 is 4.55. The lowest BCUT2D eigenvalue weighted by Crippen LogP contribution is -2.57. The summed E-state index contributed by atoms with van der Waals surface area (Å²) in [4.78, 5) is 76.0. The molecule has 4 unspecified atom stereocenters. The van der Waals surface area contributed by atoms with Gasteiger partial charge in [0, 0.05) is 55.6 Å². The largest absolute Gasteiger partial charge is 0.480 e. The number of fused-ring (bicyclic) bond motifs is 3. The van der Waals surface area contributed by atoms with Crippen LogP contribution in [-0.4, -0.2) is 63.5 Å². The number of aryl methyl sites for hydroxylation is 1. The third kappa shape index (κ3) is 3.99. The molecule has 0 radical (unpaired) electrons. The van der Waals surface area contributed by atoms with E-state index in [9.17, 15) is 29.1 Å². The first-order chi connectivity index (χ1) is 21.0. The summed E-state index contributed by atoms with van der Waals surface area (Å²) in [6, 6.07) is 10.5. The molecule has 5 aromatic rings. The van der Waals surface area contributed by atoms with Crippen molar-refractivity contribution < 1.29 is 19.5 Å². The van der Waals surface area contributed by atoms with Gasteiger partial charge < -0.3 is 14.7 Å². The lowest BCUT2D eigenvalue weighted by atomic mass is 9.76. The van der Waals surface area contributed by atoms with E-state index in [0.717, 1.165) is 29.0 Å². The van der Waals surface area contributed by atoms with Crippen molar-refractivity contribution in [1.82, 2.24) is 33.9 Å². The smallest absolute Gasteiger partial charge is 0.332 e. The summed E-state index contributed by atoms with van der Waals surface area (Å²) in [6.07, 6.45) is 3.11. The van der Waals surface area contributed by atoms with Crippen molar-refractivity contribution in [2.24, 2.45) is 25.9 Å². The molecule has 13 nitrogen and oxygen atoms in total. The number of H-pyrrole nitrogens is 1. The molecule has 4 aromatic heterocycles. The number of aliphatic carboxylic acids is 1. The Morgan fingerprint density at radius 2 is 1.84 bits per heavy atom. The SMILES string of the molecule is Cn1c(=O)c2c(ncn2CCN2C(=O)C3C(c4ccc(Br)s4)NC(Cc4c[nH]c5ccccc45)(C(=O)O)C3C2=O)n(C)c1=O. The average Bonchev–Trinajstić information content (AvgIpc) is 3.82. The zero-order valence-electron chi connectivity index (χ0n) is 23.5. The number of hydrogen-bond donors (Lipinski definition) is 3. The molecule has 4 atom stereocenters. The highest BCUT2D eigenvalue weighted by Gasteiger charge is 2.68. The molecule has 0 bridgehead atoms. The van der Waals surface area contributed by atoms with Crippen LogP contribution in [0.25, 0.3) is 22.1 Å². The van der Waals surface area contributed by atoms with E-state index >= 15 is 0 Å². The first-order valence-electron chi connectivity index (χ1n) is 13.8. The number of likely N-dealkylation sites (tertiary alicyclic amines) is 1. The Morgan fingerprint density at radius 1 is 1.07 bits per heavy atom. The maximum Gasteiger partial charge on any atom is 0.332 e. The number of aromatic nitrogens is 5. The first-order valence-corrected chi connectivity index (χ1v) is 15.4. The fourth-order valence-electron chi connectivity index (χ4n) is 6.81. The fourth-order valence-corrected chi connectivity index (χ4v) is 8.33. The van der Waals surface area contributed by atoms with Crippen LogP contribution < -0.4 is 16.6 Å². The van der Waals surface area contributed by atoms with Gasteiger partial charge >= 0.3 is 11.7 Å². The molecule has 1 aromatic carbocycles. The van der Waals surface area contributed by atoms with Crippen molar-refractivity contribution in [3.63, 3.8) is 0 Å². The summed E-state index contributed by atoms with van der Waals surface area (Å²) in [5.74, 6) is -4.42. The van der Waals surface area contributed by atoms with Gasteiger partial charge in [-0.2, -0.15) is 0 Å². The third-order valence-corrected chi connectivity index (χ3v) is 10.7. The molecular weight excluding hydrogens is 654 g/mol. The summed E-state index contributed by atoms with van der Waals surface area (Å²) in [7, 11) is 2.87. The monoisotopic (exact) mass is 679 g/mol. The molecule has 2 fully saturated rings. The number of halogens is 1. The number of hydrogen-bond acceptors (Lipinski definition) is 8. The van der Waals surface area contributed by atoms with Crippen molar-refractivity contribution in [2.45, 2.75) is 24.5 Å². The zero-order chi connectivity index (χ0) is 31.1. The minimum Gasteiger partial charge on any atom is -0.480 e. The number of carbonyl (C=O) groups excluding carboxylic acids is 2. The molecule has 6 heterocycles. The highest BCUT2D eigenvalue weighted by atomic mass is 79.9. The normalized spacial score (nSPS) is 23.3. The highest BCUT2D eigenvalue weighted by molar-refractivity contribution is 9.11. The van der Waals surface area contributed by atoms with Crippen LogP contribution in [0.3, 0.4) is 0 Å². The van der Waals surface area contributed by atoms with Crippen LogP contribution in [0.15, 0.2) is 62.3 Å². The van der Waals surface area contributed by atoms with E-state index in [1.165, 1.54) is 40.9 Å². The number of carboxylic acid groups (broad SMARTS) is 1. The van der Waals surface area contributed by atoms with Crippen LogP contribution in [-0.2, 0) is 41.4 Å². The van der Waals surface area contributed by atoms with Gasteiger partial charge in [-0.15, -0.1) is 11.3 Å². The van der Waals surface area contributed by atoms with Gasteiger partial charge in [0.05, 0.1) is 28.0 Å². The minimum atomic E-state index is -1.77. The number of para-hydroxylation sites is 1. The predicted molar refractivity (Wildman–Crippen MR) is 164 cm³/mol. The van der Waals surface area contributed by atoms with Crippen LogP contribution in [0, 0.1) is 11.8 Å². The number of amides is 2. The molecule has 0 spiro atoms. The Morgan fingerprint density at radius 3 is 2.57 bits per heavy atom. The van der Waals surface area contributed by atoms with Crippen LogP contribution in [0.2, 0.25) is 0 Å². The molecule has 44 heavy (non-hydrogen) atoms. The van der Waals surface area contributed by atoms with Gasteiger partial charge in [-0.05, 0) is 39.7 Å². The average molecular weight is 681 g/mol. The van der Waals surface area contributed by atoms with Gasteiger partial charge in [0.25, 0.3) is 5.56 Å². The second kappa shape index (κ2) is 10.1. The molecule has 15 heteroatoms. The number of nitrogens with one attached hydrogen (secondary N) is 2. The van der Waals surface area contributed by atoms with E-state index in [1.54, 1.807) is 6.20 Å². The Kier molecular flexibility index (Phi) is 6.53. The second-order valence-corrected chi connectivity index (χ2v) is 13.7. The Bertz CT molecular complexity index is 2140. The number of imide groups is 1. The minimum absolute atomic E-state index is 0.0281. The van der Waals surface area contributed by atoms with Crippen molar-refractivity contribution >= 4 is 67.1 Å². The molecule has 3 N–H and O–H groups in total. The van der Waals surface area contributed by atoms with Crippen LogP contribution >= 0.6 is 27.3 Å². The van der Waals surface area contributed by atoms with Gasteiger partial charge in [-0.25, -0.2) is 9.78 Å². The maximum atomic E-state index is 14.2. The lowest BCUT2D eigenvalue weighted by Gasteiger charge is -2.31. The van der Waals surface area contributed by atoms with Crippen molar-refractivity contribution in [3.05, 3.63) is 84.0 Å². The highest BCUT2D eigenvalue weighted by Crippen LogP contribution is 2.51. The van der Waals surface area contributed by atoms with Gasteiger partial charge in [0.15, 0.2) is 11.2 Å². The van der Waals surface area contributed by atoms with E-state index in [0.29, 0.717) is 5.56 Å². The van der Waals surface area contributed by atoms with E-state index in [4.69, 9.17) is 0 Å². The van der Waals surface area contributed by atoms with Gasteiger partial charge in [0.1, 0.15) is 5.54 Å². The summed E-state index contributed by atoms with van der Waals surface area (Å²) in [5, 5.41) is 14.9. The van der Waals surface area contributed by atoms with Gasteiger partial charge in [0.2, 0.25) is 11.8 Å².